The van der Waals surface area contributed by atoms with Crippen molar-refractivity contribution in [2.24, 2.45) is 16.9 Å². The van der Waals surface area contributed by atoms with Gasteiger partial charge in [0.1, 0.15) is 6.04 Å². The van der Waals surface area contributed by atoms with Crippen molar-refractivity contribution in [3.63, 3.8) is 0 Å². The van der Waals surface area contributed by atoms with Crippen molar-refractivity contribution in [2.75, 3.05) is 4.90 Å². The van der Waals surface area contributed by atoms with E-state index in [9.17, 15) is 24.5 Å². The fourth-order valence-electron chi connectivity index (χ4n) is 4.63. The highest BCUT2D eigenvalue weighted by Gasteiger charge is 2.64. The van der Waals surface area contributed by atoms with Crippen LogP contribution in [0.25, 0.3) is 0 Å². The van der Waals surface area contributed by atoms with Gasteiger partial charge in [-0.3, -0.25) is 29.5 Å². The van der Waals surface area contributed by atoms with Crippen LogP contribution in [0.5, 0.6) is 0 Å². The summed E-state index contributed by atoms with van der Waals surface area (Å²) in [6, 6.07) is 9.98. The summed E-state index contributed by atoms with van der Waals surface area (Å²) in [6.45, 7) is 0. The lowest BCUT2D eigenvalue weighted by molar-refractivity contribution is -0.384. The number of hydrazone groups is 1. The fourth-order valence-corrected chi connectivity index (χ4v) is 4.75. The highest BCUT2D eigenvalue weighted by molar-refractivity contribution is 6.31. The number of halogens is 1. The number of hydrogen-bond donors (Lipinski definition) is 0. The number of non-ortho nitro benzene ring substituents is 1. The van der Waals surface area contributed by atoms with Crippen LogP contribution in [0.4, 0.5) is 11.4 Å². The third-order valence-electron chi connectivity index (χ3n) is 5.99. The van der Waals surface area contributed by atoms with E-state index in [0.717, 1.165) is 4.90 Å². The zero-order chi connectivity index (χ0) is 22.6. The summed E-state index contributed by atoms with van der Waals surface area (Å²) in [5, 5.41) is 17.4. The zero-order valence-corrected chi connectivity index (χ0v) is 17.1. The summed E-state index contributed by atoms with van der Waals surface area (Å²) >= 11 is 5.93. The van der Waals surface area contributed by atoms with Crippen molar-refractivity contribution >= 4 is 46.8 Å². The van der Waals surface area contributed by atoms with Crippen LogP contribution in [0.15, 0.2) is 65.8 Å². The standard InChI is InChI=1S/C22H15ClN4O5/c23-13-6-8-14(9-7-13)25-21(29)17-16-5-2-10-24-26(16)19(18(17)22(25)30)20(28)12-3-1-4-15(11-12)27(31)32/h1-11,16-19H/t16-,17-,18-,19+/m1/s1. The molecule has 0 unspecified atom stereocenters. The van der Waals surface area contributed by atoms with Gasteiger partial charge < -0.3 is 0 Å². The quantitative estimate of drug-likeness (QED) is 0.306. The van der Waals surface area contributed by atoms with E-state index in [-0.39, 0.29) is 11.3 Å². The molecule has 3 aliphatic heterocycles. The second-order valence-electron chi connectivity index (χ2n) is 7.68. The molecule has 2 fully saturated rings. The Morgan fingerprint density at radius 2 is 1.78 bits per heavy atom. The van der Waals surface area contributed by atoms with Crippen molar-refractivity contribution in [3.8, 4) is 0 Å². The molecule has 4 atom stereocenters. The first-order valence-electron chi connectivity index (χ1n) is 9.79. The van der Waals surface area contributed by atoms with E-state index in [1.165, 1.54) is 35.5 Å². The highest BCUT2D eigenvalue weighted by Crippen LogP contribution is 2.46. The van der Waals surface area contributed by atoms with Crippen molar-refractivity contribution < 1.29 is 19.3 Å². The fraction of sp³-hybridized carbons (Fsp3) is 0.182. The molecule has 0 radical (unpaired) electrons. The van der Waals surface area contributed by atoms with Gasteiger partial charge in [-0.2, -0.15) is 5.10 Å². The van der Waals surface area contributed by atoms with E-state index >= 15 is 0 Å². The number of hydrogen-bond acceptors (Lipinski definition) is 7. The van der Waals surface area contributed by atoms with Crippen LogP contribution < -0.4 is 4.90 Å². The van der Waals surface area contributed by atoms with Gasteiger partial charge in [-0.25, -0.2) is 4.90 Å². The molecule has 160 valence electrons. The molecule has 0 bridgehead atoms. The van der Waals surface area contributed by atoms with Crippen molar-refractivity contribution in [1.82, 2.24) is 5.01 Å². The number of allylic oxidation sites excluding steroid dienone is 1. The van der Waals surface area contributed by atoms with Gasteiger partial charge in [-0.15, -0.1) is 0 Å². The lowest BCUT2D eigenvalue weighted by atomic mass is 9.86. The number of benzene rings is 2. The Morgan fingerprint density at radius 3 is 2.50 bits per heavy atom. The Morgan fingerprint density at radius 1 is 1.06 bits per heavy atom. The molecule has 2 aromatic carbocycles. The number of nitro benzene ring substituents is 1. The minimum absolute atomic E-state index is 0.0820. The molecule has 9 nitrogen and oxygen atoms in total. The second kappa shape index (κ2) is 7.38. The SMILES string of the molecule is O=C(c1cccc([N+](=O)[O-])c1)[C@@H]1[C@@H]2C(=O)N(c3ccc(Cl)cc3)C(=O)[C@@H]2[C@H]2C=CC=NN21. The van der Waals surface area contributed by atoms with E-state index in [1.807, 2.05) is 0 Å². The molecule has 2 saturated heterocycles. The Hall–Kier alpha value is -3.85. The summed E-state index contributed by atoms with van der Waals surface area (Å²) < 4.78 is 0. The van der Waals surface area contributed by atoms with E-state index < -0.39 is 46.4 Å². The Labute approximate surface area is 186 Å². The molecule has 0 N–H and O–H groups in total. The molecule has 0 saturated carbocycles. The number of ketones is 1. The predicted molar refractivity (Wildman–Crippen MR) is 115 cm³/mol. The van der Waals surface area contributed by atoms with Crippen LogP contribution in [0.3, 0.4) is 0 Å². The Kier molecular flexibility index (Phi) is 4.63. The number of fused-ring (bicyclic) bond motifs is 3. The van der Waals surface area contributed by atoms with Crippen molar-refractivity contribution in [3.05, 3.63) is 81.4 Å². The predicted octanol–water partition coefficient (Wildman–Crippen LogP) is 2.85. The maximum Gasteiger partial charge on any atom is 0.270 e. The van der Waals surface area contributed by atoms with Crippen LogP contribution in [0.2, 0.25) is 5.02 Å². The van der Waals surface area contributed by atoms with E-state index in [0.29, 0.717) is 10.7 Å². The first-order chi connectivity index (χ1) is 15.4. The zero-order valence-electron chi connectivity index (χ0n) is 16.4. The number of Topliss-reactive ketones (excluding diaryl/α,β-unsaturated/α-hetero) is 1. The second-order valence-corrected chi connectivity index (χ2v) is 8.11. The summed E-state index contributed by atoms with van der Waals surface area (Å²) in [5.41, 5.74) is 0.217. The Bertz CT molecular complexity index is 1230. The third-order valence-corrected chi connectivity index (χ3v) is 6.24. The van der Waals surface area contributed by atoms with Crippen LogP contribution in [0, 0.1) is 22.0 Å². The minimum Gasteiger partial charge on any atom is -0.292 e. The Balaban J connectivity index is 1.57. The number of amides is 2. The van der Waals surface area contributed by atoms with Crippen LogP contribution in [-0.2, 0) is 9.59 Å². The van der Waals surface area contributed by atoms with Crippen LogP contribution in [0.1, 0.15) is 10.4 Å². The molecular formula is C22H15ClN4O5. The van der Waals surface area contributed by atoms with Gasteiger partial charge in [0, 0.05) is 28.9 Å². The number of rotatable bonds is 4. The summed E-state index contributed by atoms with van der Waals surface area (Å²) in [4.78, 5) is 52.0. The molecule has 3 heterocycles. The molecule has 3 aliphatic rings. The van der Waals surface area contributed by atoms with Gasteiger partial charge in [0.2, 0.25) is 11.8 Å². The number of imide groups is 1. The monoisotopic (exact) mass is 450 g/mol. The smallest absolute Gasteiger partial charge is 0.270 e. The minimum atomic E-state index is -1.07. The van der Waals surface area contributed by atoms with Gasteiger partial charge in [0.15, 0.2) is 5.78 Å². The van der Waals surface area contributed by atoms with Crippen LogP contribution >= 0.6 is 11.6 Å². The average Bonchev–Trinajstić information content (AvgIpc) is 3.27. The molecule has 2 aromatic rings. The molecule has 0 aromatic heterocycles. The molecule has 0 aliphatic carbocycles. The molecule has 32 heavy (non-hydrogen) atoms. The molecule has 10 heteroatoms. The highest BCUT2D eigenvalue weighted by atomic mass is 35.5. The topological polar surface area (TPSA) is 113 Å². The number of carbonyl (C=O) groups is 3. The van der Waals surface area contributed by atoms with E-state index in [4.69, 9.17) is 11.6 Å². The first kappa shape index (κ1) is 20.1. The van der Waals surface area contributed by atoms with Crippen molar-refractivity contribution in [1.29, 1.82) is 0 Å². The number of nitrogens with zero attached hydrogens (tertiary/aromatic N) is 4. The van der Waals surface area contributed by atoms with E-state index in [1.54, 1.807) is 36.4 Å². The number of carbonyl (C=O) groups excluding carboxylic acids is 3. The number of anilines is 1. The lowest BCUT2D eigenvalue weighted by Crippen LogP contribution is -2.46. The van der Waals surface area contributed by atoms with Gasteiger partial charge in [-0.05, 0) is 30.3 Å². The van der Waals surface area contributed by atoms with E-state index in [2.05, 4.69) is 5.10 Å². The normalized spacial score (nSPS) is 25.8. The first-order valence-corrected chi connectivity index (χ1v) is 10.2. The van der Waals surface area contributed by atoms with Gasteiger partial charge in [-0.1, -0.05) is 29.8 Å². The largest absolute Gasteiger partial charge is 0.292 e. The van der Waals surface area contributed by atoms with Gasteiger partial charge in [0.25, 0.3) is 5.69 Å². The van der Waals surface area contributed by atoms with Gasteiger partial charge in [0.05, 0.1) is 28.5 Å². The van der Waals surface area contributed by atoms with Crippen LogP contribution in [-0.4, -0.2) is 45.8 Å². The molecule has 2 amide bonds. The maximum absolute atomic E-state index is 13.5. The maximum atomic E-state index is 13.5. The lowest BCUT2D eigenvalue weighted by Gasteiger charge is -2.30. The number of nitro groups is 1. The third kappa shape index (κ3) is 2.93. The average molecular weight is 451 g/mol. The molecule has 5 rings (SSSR count). The summed E-state index contributed by atoms with van der Waals surface area (Å²) in [6.07, 6.45) is 4.89. The summed E-state index contributed by atoms with van der Waals surface area (Å²) in [5.74, 6) is -3.22. The van der Waals surface area contributed by atoms with Crippen molar-refractivity contribution in [2.45, 2.75) is 12.1 Å². The molecule has 0 spiro atoms. The summed E-state index contributed by atoms with van der Waals surface area (Å²) in [7, 11) is 0. The molecular weight excluding hydrogens is 436 g/mol. The van der Waals surface area contributed by atoms with Gasteiger partial charge >= 0.3 is 0 Å².